The maximum Gasteiger partial charge on any atom is 0.166 e. The molecule has 1 aliphatic rings. The summed E-state index contributed by atoms with van der Waals surface area (Å²) in [6.45, 7) is 5.14. The molecule has 3 aromatic carbocycles. The first kappa shape index (κ1) is 33.3. The van der Waals surface area contributed by atoms with Crippen LogP contribution in [0.5, 0.6) is 0 Å². The normalized spacial score (nSPS) is 17.0. The smallest absolute Gasteiger partial charge is 0.166 e. The Bertz CT molecular complexity index is 1240. The van der Waals surface area contributed by atoms with Crippen molar-refractivity contribution in [1.29, 1.82) is 0 Å². The second-order valence-corrected chi connectivity index (χ2v) is 12.6. The molecule has 1 aliphatic heterocycles. The van der Waals surface area contributed by atoms with Gasteiger partial charge in [0.1, 0.15) is 5.82 Å². The van der Waals surface area contributed by atoms with Crippen molar-refractivity contribution in [3.63, 3.8) is 0 Å². The molecule has 1 fully saturated rings. The van der Waals surface area contributed by atoms with Crippen molar-refractivity contribution < 1.29 is 17.9 Å². The zero-order chi connectivity index (χ0) is 30.4. The van der Waals surface area contributed by atoms with Crippen LogP contribution in [-0.4, -0.2) is 6.61 Å². The van der Waals surface area contributed by atoms with Gasteiger partial charge < -0.3 is 4.74 Å². The van der Waals surface area contributed by atoms with Crippen LogP contribution < -0.4 is 0 Å². The van der Waals surface area contributed by atoms with E-state index in [1.165, 1.54) is 64.2 Å². The predicted molar refractivity (Wildman–Crippen MR) is 174 cm³/mol. The van der Waals surface area contributed by atoms with E-state index in [-0.39, 0.29) is 17.5 Å². The summed E-state index contributed by atoms with van der Waals surface area (Å²) in [4.78, 5) is 0. The van der Waals surface area contributed by atoms with Gasteiger partial charge in [-0.25, -0.2) is 13.2 Å². The summed E-state index contributed by atoms with van der Waals surface area (Å²) in [6.07, 6.45) is 18.0. The molecule has 0 bridgehead atoms. The first-order valence-electron chi connectivity index (χ1n) is 17.0. The van der Waals surface area contributed by atoms with Crippen LogP contribution in [0.15, 0.2) is 54.6 Å². The summed E-state index contributed by atoms with van der Waals surface area (Å²) in [5.74, 6) is -1.21. The Morgan fingerprint density at radius 3 is 1.91 bits per heavy atom. The quantitative estimate of drug-likeness (QED) is 0.142. The second kappa shape index (κ2) is 17.6. The van der Waals surface area contributed by atoms with E-state index in [9.17, 15) is 4.39 Å². The van der Waals surface area contributed by atoms with Gasteiger partial charge in [-0.1, -0.05) is 133 Å². The van der Waals surface area contributed by atoms with E-state index in [1.54, 1.807) is 30.3 Å². The summed E-state index contributed by atoms with van der Waals surface area (Å²) >= 11 is 0. The molecular formula is C39H51F3O. The van der Waals surface area contributed by atoms with Crippen LogP contribution in [-0.2, 0) is 11.2 Å². The molecule has 1 saturated heterocycles. The van der Waals surface area contributed by atoms with E-state index in [1.807, 2.05) is 24.3 Å². The third-order valence-electron chi connectivity index (χ3n) is 9.17. The number of hydrogen-bond acceptors (Lipinski definition) is 1. The molecule has 0 radical (unpaired) electrons. The summed E-state index contributed by atoms with van der Waals surface area (Å²) in [5.41, 5.74) is 3.51. The molecule has 4 rings (SSSR count). The van der Waals surface area contributed by atoms with Crippen molar-refractivity contribution in [1.82, 2.24) is 0 Å². The molecule has 0 aliphatic carbocycles. The first-order valence-corrected chi connectivity index (χ1v) is 17.0. The van der Waals surface area contributed by atoms with Gasteiger partial charge in [-0.15, -0.1) is 0 Å². The Kier molecular flexibility index (Phi) is 13.7. The van der Waals surface area contributed by atoms with Gasteiger partial charge in [0.05, 0.1) is 12.7 Å². The number of benzene rings is 3. The summed E-state index contributed by atoms with van der Waals surface area (Å²) in [5, 5.41) is 0. The fraction of sp³-hybridized carbons (Fsp3) is 0.538. The molecule has 234 valence electrons. The highest BCUT2D eigenvalue weighted by Crippen LogP contribution is 2.36. The molecule has 0 aromatic heterocycles. The lowest BCUT2D eigenvalue weighted by Gasteiger charge is -2.29. The molecule has 43 heavy (non-hydrogen) atoms. The molecule has 2 atom stereocenters. The minimum absolute atomic E-state index is 0.195. The number of ether oxygens (including phenoxy) is 1. The highest BCUT2D eigenvalue weighted by Gasteiger charge is 2.25. The van der Waals surface area contributed by atoms with E-state index in [2.05, 4.69) is 13.8 Å². The largest absolute Gasteiger partial charge is 0.373 e. The Morgan fingerprint density at radius 1 is 0.628 bits per heavy atom. The molecule has 0 N–H and O–H groups in total. The van der Waals surface area contributed by atoms with Crippen molar-refractivity contribution in [2.24, 2.45) is 5.92 Å². The first-order chi connectivity index (χ1) is 21.0. The Hall–Kier alpha value is -2.59. The molecule has 0 saturated carbocycles. The predicted octanol–water partition coefficient (Wildman–Crippen LogP) is 12.6. The van der Waals surface area contributed by atoms with Crippen molar-refractivity contribution in [3.8, 4) is 22.3 Å². The molecular weight excluding hydrogens is 541 g/mol. The van der Waals surface area contributed by atoms with Crippen LogP contribution in [0.2, 0.25) is 0 Å². The maximum atomic E-state index is 15.2. The number of hydrogen-bond donors (Lipinski definition) is 0. The van der Waals surface area contributed by atoms with Gasteiger partial charge in [0.25, 0.3) is 0 Å². The SMILES string of the molecule is CCCCCCCCCc1ccc(-c2ccc(-c3ccc(C4CCC(CCCCCCC)CO4)c(F)c3)cc2)c(F)c1F. The Labute approximate surface area is 258 Å². The fourth-order valence-electron chi connectivity index (χ4n) is 6.40. The summed E-state index contributed by atoms with van der Waals surface area (Å²) in [6, 6.07) is 16.0. The van der Waals surface area contributed by atoms with E-state index in [4.69, 9.17) is 4.74 Å². The zero-order valence-electron chi connectivity index (χ0n) is 26.4. The molecule has 3 aromatic rings. The lowest BCUT2D eigenvalue weighted by Crippen LogP contribution is -2.21. The van der Waals surface area contributed by atoms with Crippen molar-refractivity contribution in [2.75, 3.05) is 6.61 Å². The Morgan fingerprint density at radius 2 is 1.26 bits per heavy atom. The lowest BCUT2D eigenvalue weighted by molar-refractivity contribution is -0.0215. The third kappa shape index (κ3) is 9.70. The van der Waals surface area contributed by atoms with Crippen LogP contribution >= 0.6 is 0 Å². The average Bonchev–Trinajstić information content (AvgIpc) is 3.03. The standard InChI is InChI=1S/C39H51F3O/c1-3-5-7-9-10-12-14-16-32-22-24-34(39(42)38(32)41)31-20-18-30(19-21-31)33-23-25-35(36(40)27-33)37-26-17-29(28-43-37)15-13-11-8-6-4-2/h18-25,27,29,37H,3-17,26,28H2,1-2H3. The average molecular weight is 593 g/mol. The minimum Gasteiger partial charge on any atom is -0.373 e. The van der Waals surface area contributed by atoms with Crippen LogP contribution in [0, 0.1) is 23.4 Å². The number of aryl methyl sites for hydroxylation is 1. The number of unbranched alkanes of at least 4 members (excludes halogenated alkanes) is 10. The van der Waals surface area contributed by atoms with Crippen molar-refractivity contribution in [3.05, 3.63) is 83.2 Å². The number of rotatable bonds is 17. The summed E-state index contributed by atoms with van der Waals surface area (Å²) in [7, 11) is 0. The van der Waals surface area contributed by atoms with Crippen LogP contribution in [0.25, 0.3) is 22.3 Å². The topological polar surface area (TPSA) is 9.23 Å². The minimum atomic E-state index is -0.796. The van der Waals surface area contributed by atoms with Crippen LogP contribution in [0.4, 0.5) is 13.2 Å². The van der Waals surface area contributed by atoms with Crippen LogP contribution in [0.3, 0.4) is 0 Å². The van der Waals surface area contributed by atoms with Gasteiger partial charge in [-0.2, -0.15) is 0 Å². The van der Waals surface area contributed by atoms with E-state index < -0.39 is 11.6 Å². The van der Waals surface area contributed by atoms with Crippen molar-refractivity contribution in [2.45, 2.75) is 123 Å². The fourth-order valence-corrected chi connectivity index (χ4v) is 6.40. The van der Waals surface area contributed by atoms with Gasteiger partial charge in [0.2, 0.25) is 0 Å². The molecule has 2 unspecified atom stereocenters. The zero-order valence-corrected chi connectivity index (χ0v) is 26.4. The van der Waals surface area contributed by atoms with E-state index >= 15 is 8.78 Å². The van der Waals surface area contributed by atoms with Crippen molar-refractivity contribution >= 4 is 0 Å². The highest BCUT2D eigenvalue weighted by molar-refractivity contribution is 5.71. The third-order valence-corrected chi connectivity index (χ3v) is 9.17. The Balaban J connectivity index is 1.31. The molecule has 1 heterocycles. The molecule has 0 amide bonds. The van der Waals surface area contributed by atoms with E-state index in [0.717, 1.165) is 43.2 Å². The maximum absolute atomic E-state index is 15.2. The monoisotopic (exact) mass is 592 g/mol. The lowest BCUT2D eigenvalue weighted by atomic mass is 9.90. The van der Waals surface area contributed by atoms with Gasteiger partial charge in [0.15, 0.2) is 11.6 Å². The highest BCUT2D eigenvalue weighted by atomic mass is 19.2. The van der Waals surface area contributed by atoms with Crippen LogP contribution in [0.1, 0.15) is 127 Å². The molecule has 4 heteroatoms. The van der Waals surface area contributed by atoms with Gasteiger partial charge >= 0.3 is 0 Å². The molecule has 0 spiro atoms. The second-order valence-electron chi connectivity index (χ2n) is 12.6. The van der Waals surface area contributed by atoms with E-state index in [0.29, 0.717) is 35.6 Å². The van der Waals surface area contributed by atoms with Gasteiger partial charge in [-0.05, 0) is 66.3 Å². The van der Waals surface area contributed by atoms with Gasteiger partial charge in [0, 0.05) is 11.1 Å². The summed E-state index contributed by atoms with van der Waals surface area (Å²) < 4.78 is 51.3. The number of halogens is 3. The molecule has 1 nitrogen and oxygen atoms in total. The van der Waals surface area contributed by atoms with Gasteiger partial charge in [-0.3, -0.25) is 0 Å².